The molecule has 26 heavy (non-hydrogen) atoms. The topological polar surface area (TPSA) is 83.4 Å². The Morgan fingerprint density at radius 3 is 3.00 bits per heavy atom. The van der Waals surface area contributed by atoms with Gasteiger partial charge in [-0.1, -0.05) is 18.5 Å². The molecule has 0 aromatic carbocycles. The number of fused-ring (bicyclic) bond motifs is 3. The van der Waals surface area contributed by atoms with Crippen LogP contribution in [0.25, 0.3) is 0 Å². The van der Waals surface area contributed by atoms with Crippen molar-refractivity contribution in [1.29, 1.82) is 0 Å². The highest BCUT2D eigenvalue weighted by Gasteiger charge is 2.48. The van der Waals surface area contributed by atoms with E-state index in [0.29, 0.717) is 11.0 Å². The minimum absolute atomic E-state index is 0.0146. The van der Waals surface area contributed by atoms with Crippen LogP contribution in [0.3, 0.4) is 0 Å². The first-order valence-corrected chi connectivity index (χ1v) is 9.20. The molecule has 2 aromatic rings. The molecule has 1 saturated heterocycles. The summed E-state index contributed by atoms with van der Waals surface area (Å²) >= 11 is 6.08. The van der Waals surface area contributed by atoms with E-state index in [1.807, 2.05) is 19.1 Å². The van der Waals surface area contributed by atoms with Crippen LogP contribution in [-0.4, -0.2) is 45.0 Å². The number of halogens is 1. The lowest BCUT2D eigenvalue weighted by molar-refractivity contribution is 0.200. The van der Waals surface area contributed by atoms with Crippen LogP contribution in [0.5, 0.6) is 5.88 Å². The van der Waals surface area contributed by atoms with Gasteiger partial charge >= 0.3 is 0 Å². The van der Waals surface area contributed by atoms with Crippen molar-refractivity contribution in [2.24, 2.45) is 0 Å². The molecule has 0 amide bonds. The average molecular weight is 376 g/mol. The molecule has 0 spiro atoms. The Labute approximate surface area is 157 Å². The Balaban J connectivity index is 1.60. The van der Waals surface area contributed by atoms with E-state index in [0.717, 1.165) is 48.6 Å². The second-order valence-corrected chi connectivity index (χ2v) is 7.40. The lowest BCUT2D eigenvalue weighted by atomic mass is 9.90. The van der Waals surface area contributed by atoms with Crippen molar-refractivity contribution in [3.8, 4) is 5.88 Å². The molecule has 138 valence electrons. The van der Waals surface area contributed by atoms with E-state index in [1.165, 1.54) is 0 Å². The fraction of sp³-hybridized carbons (Fsp3) is 0.500. The van der Waals surface area contributed by atoms with Gasteiger partial charge in [0.2, 0.25) is 5.88 Å². The number of aliphatic hydroxyl groups is 1. The second-order valence-electron chi connectivity index (χ2n) is 7.01. The molecule has 2 atom stereocenters. The molecule has 1 fully saturated rings. The summed E-state index contributed by atoms with van der Waals surface area (Å²) in [6, 6.07) is 3.77. The third-order valence-corrected chi connectivity index (χ3v) is 5.58. The highest BCUT2D eigenvalue weighted by molar-refractivity contribution is 6.29. The lowest BCUT2D eigenvalue weighted by Crippen LogP contribution is -2.52. The van der Waals surface area contributed by atoms with Gasteiger partial charge in [-0.25, -0.2) is 4.98 Å². The monoisotopic (exact) mass is 375 g/mol. The van der Waals surface area contributed by atoms with E-state index >= 15 is 0 Å². The van der Waals surface area contributed by atoms with Crippen LogP contribution < -0.4 is 15.0 Å². The highest BCUT2D eigenvalue weighted by Crippen LogP contribution is 2.44. The van der Waals surface area contributed by atoms with Crippen LogP contribution in [0, 0.1) is 6.92 Å². The van der Waals surface area contributed by atoms with E-state index in [2.05, 4.69) is 32.3 Å². The number of hydrogen-bond donors (Lipinski definition) is 2. The van der Waals surface area contributed by atoms with Gasteiger partial charge in [0.25, 0.3) is 0 Å². The van der Waals surface area contributed by atoms with E-state index in [-0.39, 0.29) is 18.2 Å². The maximum absolute atomic E-state index is 9.24. The van der Waals surface area contributed by atoms with Crippen molar-refractivity contribution < 1.29 is 9.84 Å². The van der Waals surface area contributed by atoms with Crippen molar-refractivity contribution in [1.82, 2.24) is 15.2 Å². The molecule has 0 bridgehead atoms. The smallest absolute Gasteiger partial charge is 0.216 e. The number of nitrogens with one attached hydrogen (secondary N) is 1. The van der Waals surface area contributed by atoms with Crippen LogP contribution in [0.2, 0.25) is 5.15 Å². The zero-order valence-corrected chi connectivity index (χ0v) is 15.6. The van der Waals surface area contributed by atoms with Crippen molar-refractivity contribution in [2.45, 2.75) is 44.9 Å². The molecule has 2 N–H and O–H groups in total. The number of aliphatic hydroxyl groups excluding tert-OH is 1. The number of aromatic nitrogens is 3. The summed E-state index contributed by atoms with van der Waals surface area (Å²) in [5.41, 5.74) is 2.65. The quantitative estimate of drug-likeness (QED) is 0.849. The Bertz CT molecular complexity index is 833. The fourth-order valence-electron chi connectivity index (χ4n) is 3.98. The third-order valence-electron chi connectivity index (χ3n) is 5.39. The molecular formula is C18H22ClN5O2. The van der Waals surface area contributed by atoms with Gasteiger partial charge in [0.1, 0.15) is 6.10 Å². The predicted octanol–water partition coefficient (Wildman–Crippen LogP) is 2.56. The van der Waals surface area contributed by atoms with Crippen LogP contribution in [0.15, 0.2) is 18.3 Å². The molecule has 4 rings (SSSR count). The highest BCUT2D eigenvalue weighted by atomic mass is 35.5. The summed E-state index contributed by atoms with van der Waals surface area (Å²) in [5.74, 6) is 1.39. The lowest BCUT2D eigenvalue weighted by Gasteiger charge is -2.43. The Hall–Kier alpha value is -2.12. The number of aryl methyl sites for hydroxylation is 1. The molecule has 7 nitrogen and oxygen atoms in total. The molecule has 2 aliphatic rings. The van der Waals surface area contributed by atoms with Gasteiger partial charge in [-0.15, -0.1) is 10.2 Å². The summed E-state index contributed by atoms with van der Waals surface area (Å²) in [6.45, 7) is 5.66. The van der Waals surface area contributed by atoms with Crippen molar-refractivity contribution >= 4 is 23.1 Å². The number of hydrogen-bond acceptors (Lipinski definition) is 7. The SMILES string of the molecule is CC[C@]12CNc3nnc(Cl)cc3N1C[C@H](Oc1ncc(CO)cc1C)C2. The average Bonchev–Trinajstić information content (AvgIpc) is 3.02. The van der Waals surface area contributed by atoms with Crippen molar-refractivity contribution in [3.05, 3.63) is 34.6 Å². The fourth-order valence-corrected chi connectivity index (χ4v) is 4.12. The van der Waals surface area contributed by atoms with Gasteiger partial charge in [-0.3, -0.25) is 0 Å². The van der Waals surface area contributed by atoms with E-state index < -0.39 is 0 Å². The maximum atomic E-state index is 9.24. The molecule has 2 aliphatic heterocycles. The van der Waals surface area contributed by atoms with Crippen LogP contribution >= 0.6 is 11.6 Å². The zero-order valence-electron chi connectivity index (χ0n) is 14.9. The first kappa shape index (κ1) is 17.3. The van der Waals surface area contributed by atoms with Crippen molar-refractivity contribution in [2.75, 3.05) is 23.3 Å². The molecule has 2 aromatic heterocycles. The van der Waals surface area contributed by atoms with Gasteiger partial charge < -0.3 is 20.1 Å². The normalized spacial score (nSPS) is 24.0. The van der Waals surface area contributed by atoms with Gasteiger partial charge in [-0.05, 0) is 25.0 Å². The summed E-state index contributed by atoms with van der Waals surface area (Å²) < 4.78 is 6.24. The number of anilines is 2. The van der Waals surface area contributed by atoms with Crippen LogP contribution in [0.1, 0.15) is 30.9 Å². The number of pyridine rings is 1. The standard InChI is InChI=1S/C18H22ClN5O2/c1-3-18-6-13(26-17-11(2)4-12(9-25)7-20-17)8-24(18)14-5-15(19)22-23-16(14)21-10-18/h4-5,7,13,25H,3,6,8-10H2,1-2H3,(H,21,23)/t13-,18+/m1/s1. The molecule has 0 saturated carbocycles. The predicted molar refractivity (Wildman–Crippen MR) is 99.8 cm³/mol. The van der Waals surface area contributed by atoms with E-state index in [9.17, 15) is 5.11 Å². The molecule has 0 unspecified atom stereocenters. The Morgan fingerprint density at radius 2 is 2.27 bits per heavy atom. The Kier molecular flexibility index (Phi) is 4.36. The van der Waals surface area contributed by atoms with E-state index in [1.54, 1.807) is 6.20 Å². The summed E-state index contributed by atoms with van der Waals surface area (Å²) in [4.78, 5) is 6.73. The Morgan fingerprint density at radius 1 is 1.42 bits per heavy atom. The van der Waals surface area contributed by atoms with Gasteiger partial charge in [0.05, 0.1) is 24.4 Å². The summed E-state index contributed by atoms with van der Waals surface area (Å²) in [5, 5.41) is 21.1. The maximum Gasteiger partial charge on any atom is 0.216 e. The molecule has 0 aliphatic carbocycles. The first-order valence-electron chi connectivity index (χ1n) is 8.82. The minimum atomic E-state index is -0.0387. The first-order chi connectivity index (χ1) is 12.5. The zero-order chi connectivity index (χ0) is 18.3. The van der Waals surface area contributed by atoms with Crippen LogP contribution in [-0.2, 0) is 6.61 Å². The van der Waals surface area contributed by atoms with Gasteiger partial charge in [-0.2, -0.15) is 0 Å². The largest absolute Gasteiger partial charge is 0.472 e. The van der Waals surface area contributed by atoms with Gasteiger partial charge in [0, 0.05) is 30.8 Å². The molecule has 4 heterocycles. The summed E-state index contributed by atoms with van der Waals surface area (Å²) in [6.07, 6.45) is 3.54. The number of rotatable bonds is 4. The third kappa shape index (κ3) is 2.85. The summed E-state index contributed by atoms with van der Waals surface area (Å²) in [7, 11) is 0. The van der Waals surface area contributed by atoms with Crippen molar-refractivity contribution in [3.63, 3.8) is 0 Å². The number of ether oxygens (including phenoxy) is 1. The van der Waals surface area contributed by atoms with E-state index in [4.69, 9.17) is 16.3 Å². The number of nitrogens with zero attached hydrogens (tertiary/aromatic N) is 4. The molecule has 0 radical (unpaired) electrons. The minimum Gasteiger partial charge on any atom is -0.472 e. The second kappa shape index (κ2) is 6.55. The molecule has 8 heteroatoms. The molecular weight excluding hydrogens is 354 g/mol. The van der Waals surface area contributed by atoms with Crippen LogP contribution in [0.4, 0.5) is 11.5 Å². The van der Waals surface area contributed by atoms with Gasteiger partial charge in [0.15, 0.2) is 11.0 Å².